The molecule has 1 aliphatic heterocycles. The summed E-state index contributed by atoms with van der Waals surface area (Å²) in [6.45, 7) is 9.67. The average Bonchev–Trinajstić information content (AvgIpc) is 2.81. The van der Waals surface area contributed by atoms with Gasteiger partial charge >= 0.3 is 0 Å². The standard InChI is InChI=1S/C15H21N5/c1-10-6-5-7-11(17-10)13-18-14-16-9-8-12(15(2,3)4)20(14)19-13/h5-7,12H,8-9H2,1-4H3,(H,16,18,19). The van der Waals surface area contributed by atoms with Crippen LogP contribution in [0.2, 0.25) is 0 Å². The van der Waals surface area contributed by atoms with Crippen LogP contribution in [0.1, 0.15) is 38.9 Å². The van der Waals surface area contributed by atoms with Gasteiger partial charge in [0.2, 0.25) is 11.8 Å². The zero-order valence-electron chi connectivity index (χ0n) is 12.5. The quantitative estimate of drug-likeness (QED) is 0.866. The van der Waals surface area contributed by atoms with E-state index in [2.05, 4.69) is 36.1 Å². The Morgan fingerprint density at radius 3 is 2.75 bits per heavy atom. The van der Waals surface area contributed by atoms with Gasteiger partial charge in [-0.15, -0.1) is 5.10 Å². The Hall–Kier alpha value is -1.91. The fourth-order valence-electron chi connectivity index (χ4n) is 2.68. The van der Waals surface area contributed by atoms with Crippen LogP contribution in [0.4, 0.5) is 5.95 Å². The van der Waals surface area contributed by atoms with Gasteiger partial charge in [-0.25, -0.2) is 9.67 Å². The zero-order valence-corrected chi connectivity index (χ0v) is 12.5. The molecule has 0 aromatic carbocycles. The van der Waals surface area contributed by atoms with Crippen molar-refractivity contribution in [2.24, 2.45) is 5.41 Å². The van der Waals surface area contributed by atoms with Crippen molar-refractivity contribution in [2.75, 3.05) is 11.9 Å². The summed E-state index contributed by atoms with van der Waals surface area (Å²) in [6, 6.07) is 6.30. The van der Waals surface area contributed by atoms with Gasteiger partial charge in [-0.1, -0.05) is 26.8 Å². The summed E-state index contributed by atoms with van der Waals surface area (Å²) >= 11 is 0. The molecular weight excluding hydrogens is 250 g/mol. The maximum absolute atomic E-state index is 4.69. The fraction of sp³-hybridized carbons (Fsp3) is 0.533. The largest absolute Gasteiger partial charge is 0.354 e. The van der Waals surface area contributed by atoms with E-state index in [0.29, 0.717) is 11.9 Å². The molecule has 0 saturated carbocycles. The molecule has 1 atom stereocenters. The maximum Gasteiger partial charge on any atom is 0.222 e. The molecular formula is C15H21N5. The Bertz CT molecular complexity index is 623. The Balaban J connectivity index is 2.04. The summed E-state index contributed by atoms with van der Waals surface area (Å²) in [5.41, 5.74) is 1.99. The van der Waals surface area contributed by atoms with Crippen LogP contribution < -0.4 is 5.32 Å². The molecule has 0 bridgehead atoms. The van der Waals surface area contributed by atoms with E-state index in [1.165, 1.54) is 0 Å². The van der Waals surface area contributed by atoms with Gasteiger partial charge in [0.25, 0.3) is 0 Å². The number of hydrogen-bond donors (Lipinski definition) is 1. The minimum absolute atomic E-state index is 0.169. The Morgan fingerprint density at radius 1 is 1.25 bits per heavy atom. The lowest BCUT2D eigenvalue weighted by Crippen LogP contribution is -2.32. The summed E-state index contributed by atoms with van der Waals surface area (Å²) < 4.78 is 2.03. The van der Waals surface area contributed by atoms with Crippen molar-refractivity contribution in [3.8, 4) is 11.5 Å². The maximum atomic E-state index is 4.69. The first-order valence-corrected chi connectivity index (χ1v) is 7.09. The van der Waals surface area contributed by atoms with Crippen LogP contribution >= 0.6 is 0 Å². The number of aromatic nitrogens is 4. The first kappa shape index (κ1) is 13.1. The Kier molecular flexibility index (Phi) is 3.00. The van der Waals surface area contributed by atoms with E-state index >= 15 is 0 Å². The number of anilines is 1. The van der Waals surface area contributed by atoms with E-state index in [0.717, 1.165) is 30.3 Å². The van der Waals surface area contributed by atoms with Gasteiger partial charge in [0.05, 0.1) is 6.04 Å². The molecule has 2 aromatic rings. The molecule has 2 aromatic heterocycles. The molecule has 3 rings (SSSR count). The zero-order chi connectivity index (χ0) is 14.3. The molecule has 0 amide bonds. The number of nitrogens with zero attached hydrogens (tertiary/aromatic N) is 4. The lowest BCUT2D eigenvalue weighted by atomic mass is 9.84. The van der Waals surface area contributed by atoms with Gasteiger partial charge in [0.1, 0.15) is 5.69 Å². The predicted molar refractivity (Wildman–Crippen MR) is 79.6 cm³/mol. The second-order valence-electron chi connectivity index (χ2n) is 6.47. The lowest BCUT2D eigenvalue weighted by molar-refractivity contribution is 0.210. The van der Waals surface area contributed by atoms with Crippen LogP contribution in [0.3, 0.4) is 0 Å². The van der Waals surface area contributed by atoms with Gasteiger partial charge in [-0.2, -0.15) is 4.98 Å². The first-order chi connectivity index (χ1) is 9.45. The van der Waals surface area contributed by atoms with Gasteiger partial charge in [0, 0.05) is 12.2 Å². The van der Waals surface area contributed by atoms with E-state index in [9.17, 15) is 0 Å². The minimum Gasteiger partial charge on any atom is -0.354 e. The molecule has 0 spiro atoms. The summed E-state index contributed by atoms with van der Waals surface area (Å²) in [6.07, 6.45) is 1.07. The van der Waals surface area contributed by atoms with E-state index in [1.807, 2.05) is 29.8 Å². The third kappa shape index (κ3) is 2.28. The fourth-order valence-corrected chi connectivity index (χ4v) is 2.68. The van der Waals surface area contributed by atoms with Crippen LogP contribution in [0.5, 0.6) is 0 Å². The van der Waals surface area contributed by atoms with Gasteiger partial charge in [0.15, 0.2) is 0 Å². The second-order valence-corrected chi connectivity index (χ2v) is 6.47. The van der Waals surface area contributed by atoms with Crippen molar-refractivity contribution in [1.29, 1.82) is 0 Å². The summed E-state index contributed by atoms with van der Waals surface area (Å²) in [5.74, 6) is 1.56. The van der Waals surface area contributed by atoms with Crippen molar-refractivity contribution in [1.82, 2.24) is 19.7 Å². The van der Waals surface area contributed by atoms with Crippen molar-refractivity contribution in [3.63, 3.8) is 0 Å². The molecule has 1 unspecified atom stereocenters. The summed E-state index contributed by atoms with van der Waals surface area (Å²) in [5, 5.41) is 8.02. The summed E-state index contributed by atoms with van der Waals surface area (Å²) in [7, 11) is 0. The van der Waals surface area contributed by atoms with Crippen LogP contribution in [0.15, 0.2) is 18.2 Å². The van der Waals surface area contributed by atoms with E-state index < -0.39 is 0 Å². The van der Waals surface area contributed by atoms with Crippen LogP contribution in [0, 0.1) is 12.3 Å². The van der Waals surface area contributed by atoms with E-state index in [1.54, 1.807) is 0 Å². The van der Waals surface area contributed by atoms with Gasteiger partial charge in [-0.3, -0.25) is 0 Å². The number of hydrogen-bond acceptors (Lipinski definition) is 4. The molecule has 1 aliphatic rings. The molecule has 0 fully saturated rings. The monoisotopic (exact) mass is 271 g/mol. The van der Waals surface area contributed by atoms with Gasteiger partial charge < -0.3 is 5.32 Å². The normalized spacial score (nSPS) is 18.5. The van der Waals surface area contributed by atoms with Crippen molar-refractivity contribution < 1.29 is 0 Å². The second kappa shape index (κ2) is 4.58. The first-order valence-electron chi connectivity index (χ1n) is 7.09. The molecule has 20 heavy (non-hydrogen) atoms. The molecule has 0 radical (unpaired) electrons. The molecule has 0 aliphatic carbocycles. The molecule has 5 nitrogen and oxygen atoms in total. The third-order valence-corrected chi connectivity index (χ3v) is 3.74. The Labute approximate surface area is 119 Å². The lowest BCUT2D eigenvalue weighted by Gasteiger charge is -2.34. The predicted octanol–water partition coefficient (Wildman–Crippen LogP) is 3.05. The number of rotatable bonds is 1. The SMILES string of the molecule is Cc1cccc(-c2nc3n(n2)C(C(C)(C)C)CCN3)n1. The highest BCUT2D eigenvalue weighted by molar-refractivity contribution is 5.51. The highest BCUT2D eigenvalue weighted by atomic mass is 15.4. The van der Waals surface area contributed by atoms with E-state index in [4.69, 9.17) is 5.10 Å². The average molecular weight is 271 g/mol. The van der Waals surface area contributed by atoms with Crippen LogP contribution in [-0.4, -0.2) is 26.3 Å². The topological polar surface area (TPSA) is 55.6 Å². The van der Waals surface area contributed by atoms with Crippen LogP contribution in [-0.2, 0) is 0 Å². The van der Waals surface area contributed by atoms with Crippen molar-refractivity contribution in [2.45, 2.75) is 40.2 Å². The Morgan fingerprint density at radius 2 is 2.05 bits per heavy atom. The number of nitrogens with one attached hydrogen (secondary N) is 1. The molecule has 1 N–H and O–H groups in total. The number of pyridine rings is 1. The van der Waals surface area contributed by atoms with Crippen LogP contribution in [0.25, 0.3) is 11.5 Å². The summed E-state index contributed by atoms with van der Waals surface area (Å²) in [4.78, 5) is 9.11. The molecule has 0 saturated heterocycles. The number of fused-ring (bicyclic) bond motifs is 1. The van der Waals surface area contributed by atoms with Crippen molar-refractivity contribution in [3.05, 3.63) is 23.9 Å². The molecule has 3 heterocycles. The van der Waals surface area contributed by atoms with Crippen molar-refractivity contribution >= 4 is 5.95 Å². The highest BCUT2D eigenvalue weighted by Crippen LogP contribution is 2.37. The van der Waals surface area contributed by atoms with E-state index in [-0.39, 0.29) is 5.41 Å². The smallest absolute Gasteiger partial charge is 0.222 e. The molecule has 5 heteroatoms. The number of aryl methyl sites for hydroxylation is 1. The molecule has 106 valence electrons. The van der Waals surface area contributed by atoms with Gasteiger partial charge in [-0.05, 0) is 30.9 Å². The third-order valence-electron chi connectivity index (χ3n) is 3.74. The minimum atomic E-state index is 0.169. The highest BCUT2D eigenvalue weighted by Gasteiger charge is 2.32.